The zero-order valence-electron chi connectivity index (χ0n) is 21.2. The number of H-pyrrole nitrogens is 1. The van der Waals surface area contributed by atoms with Crippen LogP contribution >= 0.6 is 0 Å². The Bertz CT molecular complexity index is 1470. The predicted octanol–water partition coefficient (Wildman–Crippen LogP) is 3.79. The lowest BCUT2D eigenvalue weighted by Crippen LogP contribution is -2.48. The first-order chi connectivity index (χ1) is 18.7. The van der Waals surface area contributed by atoms with Crippen LogP contribution in [0.1, 0.15) is 31.2 Å². The van der Waals surface area contributed by atoms with E-state index in [9.17, 15) is 4.79 Å². The SMILES string of the molecule is O=C(C1CC1)N1CCN(Cc2ccnc(Nc3nc4ccc(-c5cc(NC6CC6)ncn5)cc4[nH]3)c2)CC1. The van der Waals surface area contributed by atoms with E-state index in [-0.39, 0.29) is 0 Å². The largest absolute Gasteiger partial charge is 0.367 e. The van der Waals surface area contributed by atoms with E-state index in [1.807, 2.05) is 35.4 Å². The summed E-state index contributed by atoms with van der Waals surface area (Å²) in [5.41, 5.74) is 4.86. The third-order valence-corrected chi connectivity index (χ3v) is 7.46. The van der Waals surface area contributed by atoms with Gasteiger partial charge in [-0.15, -0.1) is 0 Å². The Morgan fingerprint density at radius 2 is 1.82 bits per heavy atom. The molecule has 4 heterocycles. The second-order valence-corrected chi connectivity index (χ2v) is 10.6. The minimum absolute atomic E-state index is 0.301. The summed E-state index contributed by atoms with van der Waals surface area (Å²) in [4.78, 5) is 38.1. The van der Waals surface area contributed by atoms with E-state index in [0.29, 0.717) is 23.8 Å². The second kappa shape index (κ2) is 9.68. The number of nitrogens with one attached hydrogen (secondary N) is 3. The molecule has 2 saturated carbocycles. The Balaban J connectivity index is 1.01. The fraction of sp³-hybridized carbons (Fsp3) is 0.393. The lowest BCUT2D eigenvalue weighted by molar-refractivity contribution is -0.134. The number of benzene rings is 1. The highest BCUT2D eigenvalue weighted by Gasteiger charge is 2.34. The molecule has 0 atom stereocenters. The van der Waals surface area contributed by atoms with Crippen LogP contribution in [0.5, 0.6) is 0 Å². The second-order valence-electron chi connectivity index (χ2n) is 10.6. The first-order valence-electron chi connectivity index (χ1n) is 13.5. The van der Waals surface area contributed by atoms with Crippen LogP contribution in [0.3, 0.4) is 0 Å². The molecule has 10 heteroatoms. The van der Waals surface area contributed by atoms with Gasteiger partial charge in [-0.2, -0.15) is 0 Å². The zero-order valence-corrected chi connectivity index (χ0v) is 21.2. The standard InChI is InChI=1S/C28H31N9O/c38-27(19-1-2-19)37-11-9-36(10-12-37)16-18-7-8-29-25(13-18)35-28-33-22-6-3-20(14-24(22)34-28)23-15-26(31-17-30-23)32-21-4-5-21/h3,6-8,13-15,17,19,21H,1-2,4-5,9-12,16H2,(H,30,31,32)(H2,29,33,34,35). The first-order valence-corrected chi connectivity index (χ1v) is 13.5. The van der Waals surface area contributed by atoms with Crippen molar-refractivity contribution in [2.24, 2.45) is 5.92 Å². The number of anilines is 3. The fourth-order valence-corrected chi connectivity index (χ4v) is 4.99. The fourth-order valence-electron chi connectivity index (χ4n) is 4.99. The number of hydrogen-bond donors (Lipinski definition) is 3. The molecule has 1 aliphatic heterocycles. The minimum Gasteiger partial charge on any atom is -0.367 e. The molecule has 0 radical (unpaired) electrons. The maximum absolute atomic E-state index is 12.3. The van der Waals surface area contributed by atoms with E-state index in [1.165, 1.54) is 18.4 Å². The van der Waals surface area contributed by atoms with Crippen molar-refractivity contribution in [3.8, 4) is 11.3 Å². The molecule has 194 valence electrons. The smallest absolute Gasteiger partial charge is 0.225 e. The number of rotatable bonds is 8. The lowest BCUT2D eigenvalue weighted by Gasteiger charge is -2.34. The number of carbonyl (C=O) groups excluding carboxylic acids is 1. The van der Waals surface area contributed by atoms with E-state index in [2.05, 4.69) is 47.6 Å². The molecule has 10 nitrogen and oxygen atoms in total. The number of aromatic nitrogens is 5. The van der Waals surface area contributed by atoms with Crippen LogP contribution in [-0.2, 0) is 11.3 Å². The number of hydrogen-bond acceptors (Lipinski definition) is 8. The van der Waals surface area contributed by atoms with Crippen LogP contribution in [0, 0.1) is 5.92 Å². The Morgan fingerprint density at radius 3 is 2.63 bits per heavy atom. The number of nitrogens with zero attached hydrogens (tertiary/aromatic N) is 6. The van der Waals surface area contributed by atoms with Gasteiger partial charge in [0.25, 0.3) is 0 Å². The number of amides is 1. The predicted molar refractivity (Wildman–Crippen MR) is 146 cm³/mol. The van der Waals surface area contributed by atoms with Gasteiger partial charge in [-0.1, -0.05) is 6.07 Å². The molecule has 7 rings (SSSR count). The van der Waals surface area contributed by atoms with Gasteiger partial charge in [0.05, 0.1) is 16.7 Å². The number of piperazine rings is 1. The number of aromatic amines is 1. The van der Waals surface area contributed by atoms with Crippen LogP contribution in [-0.4, -0.2) is 72.8 Å². The van der Waals surface area contributed by atoms with Gasteiger partial charge < -0.3 is 20.5 Å². The highest BCUT2D eigenvalue weighted by atomic mass is 16.2. The summed E-state index contributed by atoms with van der Waals surface area (Å²) in [6.07, 6.45) is 7.97. The summed E-state index contributed by atoms with van der Waals surface area (Å²) < 4.78 is 0. The van der Waals surface area contributed by atoms with Crippen LogP contribution in [0.25, 0.3) is 22.3 Å². The average molecular weight is 510 g/mol. The topological polar surface area (TPSA) is 115 Å². The molecule has 0 unspecified atom stereocenters. The van der Waals surface area contributed by atoms with Crippen molar-refractivity contribution in [1.29, 1.82) is 0 Å². The van der Waals surface area contributed by atoms with Crippen LogP contribution in [0.2, 0.25) is 0 Å². The Morgan fingerprint density at radius 1 is 0.947 bits per heavy atom. The van der Waals surface area contributed by atoms with Crippen molar-refractivity contribution in [2.45, 2.75) is 38.3 Å². The summed E-state index contributed by atoms with van der Waals surface area (Å²) in [5, 5.41) is 6.75. The summed E-state index contributed by atoms with van der Waals surface area (Å²) in [5.74, 6) is 2.91. The first kappa shape index (κ1) is 23.1. The lowest BCUT2D eigenvalue weighted by atomic mass is 10.1. The molecule has 1 aromatic carbocycles. The molecule has 3 aliphatic rings. The molecule has 2 aliphatic carbocycles. The van der Waals surface area contributed by atoms with Gasteiger partial charge in [0.1, 0.15) is 18.0 Å². The normalized spacial score (nSPS) is 18.1. The van der Waals surface area contributed by atoms with Crippen molar-refractivity contribution in [1.82, 2.24) is 34.7 Å². The molecule has 3 N–H and O–H groups in total. The summed E-state index contributed by atoms with van der Waals surface area (Å²) in [6, 6.07) is 12.7. The van der Waals surface area contributed by atoms with Gasteiger partial charge in [-0.25, -0.2) is 19.9 Å². The van der Waals surface area contributed by atoms with Gasteiger partial charge in [0.15, 0.2) is 0 Å². The maximum Gasteiger partial charge on any atom is 0.225 e. The Hall–Kier alpha value is -4.05. The minimum atomic E-state index is 0.301. The average Bonchev–Trinajstić information content (AvgIpc) is 3.87. The van der Waals surface area contributed by atoms with Gasteiger partial charge in [0.2, 0.25) is 11.9 Å². The molecular weight excluding hydrogens is 478 g/mol. The molecule has 3 fully saturated rings. The van der Waals surface area contributed by atoms with E-state index in [4.69, 9.17) is 4.98 Å². The van der Waals surface area contributed by atoms with Gasteiger partial charge in [-0.3, -0.25) is 9.69 Å². The Labute approximate surface area is 220 Å². The van der Waals surface area contributed by atoms with Gasteiger partial charge in [0, 0.05) is 62.5 Å². The number of pyridine rings is 1. The number of imidazole rings is 1. The molecule has 3 aromatic heterocycles. The molecular formula is C28H31N9O. The zero-order chi connectivity index (χ0) is 25.5. The maximum atomic E-state index is 12.3. The third-order valence-electron chi connectivity index (χ3n) is 7.46. The van der Waals surface area contributed by atoms with Crippen molar-refractivity contribution >= 4 is 34.5 Å². The van der Waals surface area contributed by atoms with E-state index >= 15 is 0 Å². The molecule has 0 bridgehead atoms. The highest BCUT2D eigenvalue weighted by molar-refractivity contribution is 5.83. The molecule has 0 spiro atoms. The molecule has 1 amide bonds. The van der Waals surface area contributed by atoms with Crippen LogP contribution in [0.4, 0.5) is 17.6 Å². The van der Waals surface area contributed by atoms with E-state index in [1.54, 1.807) is 6.33 Å². The van der Waals surface area contributed by atoms with Crippen molar-refractivity contribution in [2.75, 3.05) is 36.8 Å². The molecule has 38 heavy (non-hydrogen) atoms. The summed E-state index contributed by atoms with van der Waals surface area (Å²) in [6.45, 7) is 4.28. The van der Waals surface area contributed by atoms with Gasteiger partial charge >= 0.3 is 0 Å². The quantitative estimate of drug-likeness (QED) is 0.329. The highest BCUT2D eigenvalue weighted by Crippen LogP contribution is 2.31. The number of fused-ring (bicyclic) bond motifs is 1. The van der Waals surface area contributed by atoms with E-state index < -0.39 is 0 Å². The van der Waals surface area contributed by atoms with Crippen molar-refractivity contribution in [3.05, 3.63) is 54.5 Å². The van der Waals surface area contributed by atoms with Crippen LogP contribution < -0.4 is 10.6 Å². The summed E-state index contributed by atoms with van der Waals surface area (Å²) in [7, 11) is 0. The number of carbonyl (C=O) groups is 1. The Kier molecular flexibility index (Phi) is 5.88. The van der Waals surface area contributed by atoms with Gasteiger partial charge in [-0.05, 0) is 55.5 Å². The summed E-state index contributed by atoms with van der Waals surface area (Å²) >= 11 is 0. The molecule has 1 saturated heterocycles. The van der Waals surface area contributed by atoms with Crippen molar-refractivity contribution < 1.29 is 4.79 Å². The third kappa shape index (κ3) is 5.17. The molecule has 4 aromatic rings. The van der Waals surface area contributed by atoms with E-state index in [0.717, 1.165) is 79.5 Å². The van der Waals surface area contributed by atoms with Crippen molar-refractivity contribution in [3.63, 3.8) is 0 Å². The monoisotopic (exact) mass is 509 g/mol. The van der Waals surface area contributed by atoms with Crippen LogP contribution in [0.15, 0.2) is 48.9 Å².